The molecule has 0 saturated carbocycles. The van der Waals surface area contributed by atoms with E-state index in [0.29, 0.717) is 22.7 Å². The van der Waals surface area contributed by atoms with Crippen LogP contribution >= 0.6 is 0 Å². The number of hydrogen-bond acceptors (Lipinski definition) is 7. The summed E-state index contributed by atoms with van der Waals surface area (Å²) in [6, 6.07) is 20.8. The largest absolute Gasteiger partial charge is 0.503 e. The maximum atomic E-state index is 13.5. The average molecular weight is 453 g/mol. The fourth-order valence-electron chi connectivity index (χ4n) is 3.88. The zero-order valence-corrected chi connectivity index (χ0v) is 18.0. The third kappa shape index (κ3) is 3.47. The fourth-order valence-corrected chi connectivity index (χ4v) is 3.88. The number of ether oxygens (including phenoxy) is 1. The van der Waals surface area contributed by atoms with Crippen LogP contribution in [0.25, 0.3) is 28.2 Å². The first-order valence-electron chi connectivity index (χ1n) is 10.4. The molecule has 3 aromatic heterocycles. The van der Waals surface area contributed by atoms with Crippen molar-refractivity contribution in [2.75, 3.05) is 7.11 Å². The molecule has 2 aromatic carbocycles. The predicted octanol–water partition coefficient (Wildman–Crippen LogP) is 4.85. The van der Waals surface area contributed by atoms with E-state index >= 15 is 0 Å². The molecule has 0 spiro atoms. The van der Waals surface area contributed by atoms with Crippen molar-refractivity contribution >= 4 is 5.78 Å². The van der Waals surface area contributed by atoms with Gasteiger partial charge >= 0.3 is 0 Å². The summed E-state index contributed by atoms with van der Waals surface area (Å²) in [6.45, 7) is 0. The quantitative estimate of drug-likeness (QED) is 0.354. The summed E-state index contributed by atoms with van der Waals surface area (Å²) < 4.78 is 11.8. The molecule has 3 heterocycles. The van der Waals surface area contributed by atoms with Gasteiger partial charge in [-0.15, -0.1) is 0 Å². The van der Waals surface area contributed by atoms with Gasteiger partial charge in [-0.25, -0.2) is 0 Å². The van der Waals surface area contributed by atoms with E-state index in [-0.39, 0.29) is 17.0 Å². The number of nitrogens with zero attached hydrogens (tertiary/aromatic N) is 3. The third-order valence-corrected chi connectivity index (χ3v) is 5.47. The Morgan fingerprint density at radius 1 is 0.971 bits per heavy atom. The van der Waals surface area contributed by atoms with Crippen LogP contribution in [0.2, 0.25) is 0 Å². The standard InChI is InChI=1S/C26H19N3O5/c1-33-21-8-3-2-6-18(21)23-22(24(30)20-7-4-5-14-27-20)25(31)26(32)29(23)17-11-9-16(10-12-17)19-13-15-34-28-19/h2-15,31-32H,1H3. The highest BCUT2D eigenvalue weighted by Gasteiger charge is 2.31. The highest BCUT2D eigenvalue weighted by atomic mass is 16.5. The van der Waals surface area contributed by atoms with Gasteiger partial charge in [-0.3, -0.25) is 14.3 Å². The fraction of sp³-hybridized carbons (Fsp3) is 0.0385. The molecule has 0 aliphatic rings. The van der Waals surface area contributed by atoms with Gasteiger partial charge in [0.1, 0.15) is 23.4 Å². The van der Waals surface area contributed by atoms with E-state index in [9.17, 15) is 15.0 Å². The zero-order chi connectivity index (χ0) is 23.7. The van der Waals surface area contributed by atoms with Crippen LogP contribution in [0, 0.1) is 0 Å². The molecule has 0 amide bonds. The minimum Gasteiger partial charge on any atom is -0.503 e. The van der Waals surface area contributed by atoms with Crippen LogP contribution in [0.4, 0.5) is 0 Å². The van der Waals surface area contributed by atoms with Gasteiger partial charge < -0.3 is 19.5 Å². The highest BCUT2D eigenvalue weighted by Crippen LogP contribution is 2.46. The minimum absolute atomic E-state index is 0.0822. The molecular weight excluding hydrogens is 434 g/mol. The Hall–Kier alpha value is -4.85. The Balaban J connectivity index is 1.76. The Labute approximate surface area is 194 Å². The van der Waals surface area contributed by atoms with E-state index in [4.69, 9.17) is 9.26 Å². The molecule has 8 heteroatoms. The number of aromatic hydroxyl groups is 2. The van der Waals surface area contributed by atoms with Crippen molar-refractivity contribution in [1.82, 2.24) is 14.7 Å². The molecule has 0 unspecified atom stereocenters. The summed E-state index contributed by atoms with van der Waals surface area (Å²) >= 11 is 0. The second kappa shape index (κ2) is 8.59. The number of rotatable bonds is 6. The number of pyridine rings is 1. The normalized spacial score (nSPS) is 10.9. The summed E-state index contributed by atoms with van der Waals surface area (Å²) in [6.07, 6.45) is 2.97. The minimum atomic E-state index is -0.544. The van der Waals surface area contributed by atoms with Crippen LogP contribution in [0.5, 0.6) is 17.4 Å². The summed E-state index contributed by atoms with van der Waals surface area (Å²) in [5.74, 6) is -1.09. The maximum Gasteiger partial charge on any atom is 0.240 e. The number of carbonyl (C=O) groups excluding carboxylic acids is 1. The van der Waals surface area contributed by atoms with Gasteiger partial charge in [-0.1, -0.05) is 35.5 Å². The molecule has 0 atom stereocenters. The molecule has 2 N–H and O–H groups in total. The second-order valence-corrected chi connectivity index (χ2v) is 7.41. The van der Waals surface area contributed by atoms with E-state index in [1.807, 2.05) is 0 Å². The van der Waals surface area contributed by atoms with Crippen LogP contribution in [-0.2, 0) is 0 Å². The van der Waals surface area contributed by atoms with E-state index in [0.717, 1.165) is 5.56 Å². The predicted molar refractivity (Wildman–Crippen MR) is 124 cm³/mol. The first kappa shape index (κ1) is 21.0. The first-order valence-corrected chi connectivity index (χ1v) is 10.4. The molecule has 0 saturated heterocycles. The molecule has 5 aromatic rings. The average Bonchev–Trinajstić information content (AvgIpc) is 3.51. The number of ketones is 1. The SMILES string of the molecule is COc1ccccc1-c1c(C(=O)c2ccccn2)c(O)c(O)n1-c1ccc(-c2ccon2)cc1. The van der Waals surface area contributed by atoms with Crippen LogP contribution in [0.15, 0.2) is 89.8 Å². The summed E-state index contributed by atoms with van der Waals surface area (Å²) in [7, 11) is 1.51. The Morgan fingerprint density at radius 3 is 2.41 bits per heavy atom. The second-order valence-electron chi connectivity index (χ2n) is 7.41. The van der Waals surface area contributed by atoms with E-state index in [1.54, 1.807) is 72.8 Å². The molecule has 168 valence electrons. The number of para-hydroxylation sites is 1. The lowest BCUT2D eigenvalue weighted by Gasteiger charge is -2.15. The van der Waals surface area contributed by atoms with E-state index in [2.05, 4.69) is 10.1 Å². The molecule has 0 radical (unpaired) electrons. The van der Waals surface area contributed by atoms with Crippen LogP contribution < -0.4 is 4.74 Å². The summed E-state index contributed by atoms with van der Waals surface area (Å²) in [4.78, 5) is 17.6. The highest BCUT2D eigenvalue weighted by molar-refractivity contribution is 6.14. The molecule has 0 aliphatic carbocycles. The van der Waals surface area contributed by atoms with Crippen molar-refractivity contribution < 1.29 is 24.3 Å². The van der Waals surface area contributed by atoms with E-state index in [1.165, 1.54) is 24.1 Å². The molecular formula is C26H19N3O5. The number of hydrogen-bond donors (Lipinski definition) is 2. The third-order valence-electron chi connectivity index (χ3n) is 5.47. The van der Waals surface area contributed by atoms with E-state index < -0.39 is 17.4 Å². The van der Waals surface area contributed by atoms with Crippen molar-refractivity contribution in [2.45, 2.75) is 0 Å². The Kier molecular flexibility index (Phi) is 5.31. The number of aromatic nitrogens is 3. The monoisotopic (exact) mass is 453 g/mol. The topological polar surface area (TPSA) is 111 Å². The lowest BCUT2D eigenvalue weighted by molar-refractivity contribution is 0.103. The van der Waals surface area contributed by atoms with Crippen molar-refractivity contribution in [3.63, 3.8) is 0 Å². The lowest BCUT2D eigenvalue weighted by Crippen LogP contribution is -2.07. The number of methoxy groups -OCH3 is 1. The van der Waals surface area contributed by atoms with Gasteiger partial charge in [0, 0.05) is 29.1 Å². The molecule has 34 heavy (non-hydrogen) atoms. The smallest absolute Gasteiger partial charge is 0.240 e. The van der Waals surface area contributed by atoms with Crippen LogP contribution in [0.1, 0.15) is 16.1 Å². The van der Waals surface area contributed by atoms with Gasteiger partial charge in [0.2, 0.25) is 11.7 Å². The van der Waals surface area contributed by atoms with Gasteiger partial charge in [-0.2, -0.15) is 0 Å². The molecule has 0 aliphatic heterocycles. The van der Waals surface area contributed by atoms with Crippen molar-refractivity contribution in [3.05, 3.63) is 96.5 Å². The Morgan fingerprint density at radius 2 is 1.74 bits per heavy atom. The maximum absolute atomic E-state index is 13.5. The molecule has 5 rings (SSSR count). The van der Waals surface area contributed by atoms with Gasteiger partial charge in [0.15, 0.2) is 5.75 Å². The summed E-state index contributed by atoms with van der Waals surface area (Å²) in [5, 5.41) is 25.9. The van der Waals surface area contributed by atoms with Gasteiger partial charge in [0.25, 0.3) is 0 Å². The molecule has 0 fully saturated rings. The number of carbonyl (C=O) groups is 1. The van der Waals surface area contributed by atoms with Gasteiger partial charge in [0.05, 0.1) is 18.4 Å². The molecule has 0 bridgehead atoms. The van der Waals surface area contributed by atoms with Crippen molar-refractivity contribution in [3.8, 4) is 45.6 Å². The lowest BCUT2D eigenvalue weighted by atomic mass is 10.0. The Bertz CT molecular complexity index is 1460. The molecule has 8 nitrogen and oxygen atoms in total. The first-order chi connectivity index (χ1) is 16.6. The summed E-state index contributed by atoms with van der Waals surface area (Å²) in [5.41, 5.74) is 2.81. The van der Waals surface area contributed by atoms with Crippen molar-refractivity contribution in [2.24, 2.45) is 0 Å². The van der Waals surface area contributed by atoms with Crippen LogP contribution in [-0.4, -0.2) is 37.8 Å². The number of benzene rings is 2. The van der Waals surface area contributed by atoms with Crippen molar-refractivity contribution in [1.29, 1.82) is 0 Å². The van der Waals surface area contributed by atoms with Gasteiger partial charge in [-0.05, 0) is 36.4 Å². The van der Waals surface area contributed by atoms with Crippen LogP contribution in [0.3, 0.4) is 0 Å². The zero-order valence-electron chi connectivity index (χ0n) is 18.0.